The molecule has 1 heterocycles. The highest BCUT2D eigenvalue weighted by Gasteiger charge is 2.15. The predicted octanol–water partition coefficient (Wildman–Crippen LogP) is 3.36. The van der Waals surface area contributed by atoms with Crippen LogP contribution in [0.1, 0.15) is 28.5 Å². The van der Waals surface area contributed by atoms with Gasteiger partial charge in [0.25, 0.3) is 5.91 Å². The van der Waals surface area contributed by atoms with Crippen molar-refractivity contribution >= 4 is 35.7 Å². The van der Waals surface area contributed by atoms with Gasteiger partial charge >= 0.3 is 0 Å². The molecule has 1 amide bonds. The number of carbonyl (C=O) groups excluding carboxylic acids is 1. The lowest BCUT2D eigenvalue weighted by atomic mass is 10.2. The van der Waals surface area contributed by atoms with E-state index in [1.807, 2.05) is 13.0 Å². The van der Waals surface area contributed by atoms with Crippen molar-refractivity contribution in [1.82, 2.24) is 20.9 Å². The minimum atomic E-state index is -0.463. The Hall–Kier alpha value is -3.08. The Bertz CT molecular complexity index is 1050. The molecule has 9 nitrogen and oxygen atoms in total. The molecule has 0 aliphatic rings. The van der Waals surface area contributed by atoms with Crippen molar-refractivity contribution in [2.75, 3.05) is 25.4 Å². The summed E-state index contributed by atoms with van der Waals surface area (Å²) in [6, 6.07) is 9.65. The fraction of sp³-hybridized carbons (Fsp3) is 0.286. The maximum absolute atomic E-state index is 13.1. The van der Waals surface area contributed by atoms with Crippen LogP contribution in [0.4, 0.5) is 10.2 Å². The summed E-state index contributed by atoms with van der Waals surface area (Å²) in [4.78, 5) is 11.9. The summed E-state index contributed by atoms with van der Waals surface area (Å²) in [7, 11) is 0. The number of nitrogen functional groups attached to an aromatic ring is 1. The first-order chi connectivity index (χ1) is 15.5. The van der Waals surface area contributed by atoms with E-state index in [-0.39, 0.29) is 36.3 Å². The lowest BCUT2D eigenvalue weighted by molar-refractivity contribution is 0.0944. The van der Waals surface area contributed by atoms with E-state index in [2.05, 4.69) is 25.6 Å². The molecule has 0 fully saturated rings. The highest BCUT2D eigenvalue weighted by atomic mass is 35.5. The number of nitrogens with one attached hydrogen (secondary N) is 2. The van der Waals surface area contributed by atoms with Gasteiger partial charge in [0.05, 0.1) is 11.6 Å². The lowest BCUT2D eigenvalue weighted by Gasteiger charge is -2.16. The van der Waals surface area contributed by atoms with E-state index in [1.54, 1.807) is 18.2 Å². The number of aromatic nitrogens is 2. The molecule has 0 unspecified atom stereocenters. The topological polar surface area (TPSA) is 125 Å². The van der Waals surface area contributed by atoms with Crippen LogP contribution in [0.5, 0.6) is 11.5 Å². The zero-order valence-corrected chi connectivity index (χ0v) is 19.3. The van der Waals surface area contributed by atoms with Gasteiger partial charge in [-0.25, -0.2) is 9.02 Å². The van der Waals surface area contributed by atoms with Crippen molar-refractivity contribution in [3.63, 3.8) is 0 Å². The van der Waals surface area contributed by atoms with E-state index in [4.69, 9.17) is 26.8 Å². The van der Waals surface area contributed by atoms with Crippen LogP contribution < -0.4 is 25.8 Å². The van der Waals surface area contributed by atoms with Crippen LogP contribution >= 0.6 is 24.0 Å². The van der Waals surface area contributed by atoms with Gasteiger partial charge in [-0.05, 0) is 52.6 Å². The number of hydrogen-bond donors (Lipinski definition) is 3. The number of amides is 1. The van der Waals surface area contributed by atoms with Gasteiger partial charge in [-0.3, -0.25) is 4.79 Å². The molecular formula is C21H24Cl2FN5O4. The molecule has 0 saturated carbocycles. The fourth-order valence-electron chi connectivity index (χ4n) is 2.80. The Morgan fingerprint density at radius 1 is 1.15 bits per heavy atom. The second-order valence-electron chi connectivity index (χ2n) is 6.68. The molecule has 3 aromatic rings. The molecule has 178 valence electrons. The van der Waals surface area contributed by atoms with Gasteiger partial charge < -0.3 is 25.8 Å². The summed E-state index contributed by atoms with van der Waals surface area (Å²) in [5, 5.41) is 13.1. The molecule has 0 radical (unpaired) electrons. The van der Waals surface area contributed by atoms with E-state index in [0.29, 0.717) is 42.8 Å². The molecule has 0 spiro atoms. The first kappa shape index (κ1) is 26.2. The zero-order chi connectivity index (χ0) is 22.9. The van der Waals surface area contributed by atoms with Crippen LogP contribution in [0.3, 0.4) is 0 Å². The number of anilines is 1. The van der Waals surface area contributed by atoms with Crippen LogP contribution in [0, 0.1) is 5.82 Å². The molecule has 12 heteroatoms. The summed E-state index contributed by atoms with van der Waals surface area (Å²) in [6.45, 7) is 3.84. The van der Waals surface area contributed by atoms with Gasteiger partial charge in [-0.15, -0.1) is 12.4 Å². The van der Waals surface area contributed by atoms with Crippen molar-refractivity contribution in [2.45, 2.75) is 20.1 Å². The molecule has 0 saturated heterocycles. The molecule has 0 bridgehead atoms. The fourth-order valence-corrected chi connectivity index (χ4v) is 3.08. The molecule has 0 aliphatic carbocycles. The average Bonchev–Trinajstić information content (AvgIpc) is 3.20. The summed E-state index contributed by atoms with van der Waals surface area (Å²) in [5.74, 6) is 0.108. The number of halogens is 3. The summed E-state index contributed by atoms with van der Waals surface area (Å²) >= 11 is 6.43. The van der Waals surface area contributed by atoms with Crippen molar-refractivity contribution in [3.05, 3.63) is 64.1 Å². The van der Waals surface area contributed by atoms with Crippen LogP contribution in [0.15, 0.2) is 41.0 Å². The normalized spacial score (nSPS) is 10.4. The third kappa shape index (κ3) is 7.48. The Morgan fingerprint density at radius 3 is 2.58 bits per heavy atom. The van der Waals surface area contributed by atoms with Gasteiger partial charge in [0.15, 0.2) is 11.5 Å². The maximum Gasteiger partial charge on any atom is 0.277 e. The first-order valence-electron chi connectivity index (χ1n) is 9.87. The minimum absolute atomic E-state index is 0. The first-order valence-corrected chi connectivity index (χ1v) is 10.2. The SMILES string of the molecule is CCOc1cc(CNCCNC(=O)c2nonc2N)cc(Cl)c1OCc1ccc(F)cc1.Cl. The van der Waals surface area contributed by atoms with Gasteiger partial charge in [-0.1, -0.05) is 23.7 Å². The number of carbonyl (C=O) groups is 1. The largest absolute Gasteiger partial charge is 0.490 e. The molecule has 3 rings (SSSR count). The van der Waals surface area contributed by atoms with E-state index in [0.717, 1.165) is 11.1 Å². The van der Waals surface area contributed by atoms with Crippen molar-refractivity contribution < 1.29 is 23.3 Å². The number of rotatable bonds is 11. The third-order valence-corrected chi connectivity index (χ3v) is 4.59. The molecule has 0 aliphatic heterocycles. The highest BCUT2D eigenvalue weighted by Crippen LogP contribution is 2.37. The standard InChI is InChI=1S/C21H23ClFN5O4.ClH/c1-2-30-17-10-14(11-25-7-8-26-21(29)18-20(24)28-32-27-18)9-16(22)19(17)31-12-13-3-5-15(23)6-4-13;/h3-6,9-10,25H,2,7-8,11-12H2,1H3,(H2,24,28)(H,26,29);1H. The predicted molar refractivity (Wildman–Crippen MR) is 123 cm³/mol. The molecule has 33 heavy (non-hydrogen) atoms. The van der Waals surface area contributed by atoms with Crippen molar-refractivity contribution in [1.29, 1.82) is 0 Å². The lowest BCUT2D eigenvalue weighted by Crippen LogP contribution is -2.32. The van der Waals surface area contributed by atoms with E-state index in [9.17, 15) is 9.18 Å². The Kier molecular flexibility index (Phi) is 10.2. The van der Waals surface area contributed by atoms with Gasteiger partial charge in [0.1, 0.15) is 12.4 Å². The second-order valence-corrected chi connectivity index (χ2v) is 7.09. The minimum Gasteiger partial charge on any atom is -0.490 e. The maximum atomic E-state index is 13.1. The quantitative estimate of drug-likeness (QED) is 0.343. The van der Waals surface area contributed by atoms with Gasteiger partial charge in [0.2, 0.25) is 11.5 Å². The van der Waals surface area contributed by atoms with Crippen molar-refractivity contribution in [2.24, 2.45) is 0 Å². The second kappa shape index (κ2) is 12.8. The highest BCUT2D eigenvalue weighted by molar-refractivity contribution is 6.32. The molecule has 2 aromatic carbocycles. The van der Waals surface area contributed by atoms with E-state index < -0.39 is 5.91 Å². The number of nitrogens with zero attached hydrogens (tertiary/aromatic N) is 2. The third-order valence-electron chi connectivity index (χ3n) is 4.31. The zero-order valence-electron chi connectivity index (χ0n) is 17.8. The van der Waals surface area contributed by atoms with Crippen LogP contribution in [-0.2, 0) is 13.2 Å². The molecule has 1 aromatic heterocycles. The number of nitrogens with two attached hydrogens (primary N) is 1. The van der Waals surface area contributed by atoms with Gasteiger partial charge in [-0.2, -0.15) is 0 Å². The Balaban J connectivity index is 0.00000385. The monoisotopic (exact) mass is 499 g/mol. The smallest absolute Gasteiger partial charge is 0.277 e. The Morgan fingerprint density at radius 2 is 1.91 bits per heavy atom. The summed E-state index contributed by atoms with van der Waals surface area (Å²) < 4.78 is 29.0. The van der Waals surface area contributed by atoms with Crippen LogP contribution in [0.25, 0.3) is 0 Å². The van der Waals surface area contributed by atoms with Crippen molar-refractivity contribution in [3.8, 4) is 11.5 Å². The van der Waals surface area contributed by atoms with Crippen LogP contribution in [-0.4, -0.2) is 35.9 Å². The van der Waals surface area contributed by atoms with Crippen LogP contribution in [0.2, 0.25) is 5.02 Å². The molecule has 4 N–H and O–H groups in total. The molecule has 0 atom stereocenters. The number of benzene rings is 2. The summed E-state index contributed by atoms with van der Waals surface area (Å²) in [5.41, 5.74) is 7.12. The summed E-state index contributed by atoms with van der Waals surface area (Å²) in [6.07, 6.45) is 0. The van der Waals surface area contributed by atoms with E-state index in [1.165, 1.54) is 12.1 Å². The van der Waals surface area contributed by atoms with E-state index >= 15 is 0 Å². The number of hydrogen-bond acceptors (Lipinski definition) is 8. The number of ether oxygens (including phenoxy) is 2. The van der Waals surface area contributed by atoms with Gasteiger partial charge in [0, 0.05) is 19.6 Å². The Labute approximate surface area is 201 Å². The molecular weight excluding hydrogens is 476 g/mol. The average molecular weight is 500 g/mol.